The molecule has 6 heteroatoms. The molecule has 0 unspecified atom stereocenters. The van der Waals surface area contributed by atoms with Crippen molar-refractivity contribution in [2.24, 2.45) is 0 Å². The Morgan fingerprint density at radius 1 is 1.00 bits per heavy atom. The van der Waals surface area contributed by atoms with Gasteiger partial charge in [0, 0.05) is 36.4 Å². The van der Waals surface area contributed by atoms with Crippen LogP contribution in [0.4, 0.5) is 0 Å². The average molecular weight is 375 g/mol. The third kappa shape index (κ3) is 2.97. The maximum absolute atomic E-state index is 12.5. The molecule has 1 aliphatic rings. The van der Waals surface area contributed by atoms with Crippen molar-refractivity contribution in [1.29, 1.82) is 0 Å². The molecule has 3 amide bonds. The van der Waals surface area contributed by atoms with Crippen molar-refractivity contribution in [3.63, 3.8) is 0 Å². The van der Waals surface area contributed by atoms with Gasteiger partial charge < -0.3 is 9.88 Å². The van der Waals surface area contributed by atoms with Crippen LogP contribution in [0.1, 0.15) is 44.9 Å². The number of fused-ring (bicyclic) bond motifs is 2. The number of imide groups is 1. The van der Waals surface area contributed by atoms with Crippen molar-refractivity contribution in [3.8, 4) is 0 Å². The number of hydrogen-bond donors (Lipinski definition) is 1. The predicted molar refractivity (Wildman–Crippen MR) is 106 cm³/mol. The van der Waals surface area contributed by atoms with Crippen LogP contribution >= 0.6 is 0 Å². The normalized spacial score (nSPS) is 13.5. The number of hydrogen-bond acceptors (Lipinski definition) is 3. The van der Waals surface area contributed by atoms with E-state index in [1.165, 1.54) is 11.0 Å². The second-order valence-corrected chi connectivity index (χ2v) is 7.16. The smallest absolute Gasteiger partial charge is 0.261 e. The van der Waals surface area contributed by atoms with Crippen LogP contribution in [0.15, 0.2) is 54.7 Å². The lowest BCUT2D eigenvalue weighted by Crippen LogP contribution is -2.35. The number of carbonyl (C=O) groups is 3. The fourth-order valence-corrected chi connectivity index (χ4v) is 3.60. The zero-order valence-electron chi connectivity index (χ0n) is 15.8. The molecular weight excluding hydrogens is 354 g/mol. The molecule has 0 aliphatic carbocycles. The van der Waals surface area contributed by atoms with Gasteiger partial charge in [0.25, 0.3) is 17.7 Å². The first-order chi connectivity index (χ1) is 13.5. The van der Waals surface area contributed by atoms with E-state index in [2.05, 4.69) is 9.88 Å². The van der Waals surface area contributed by atoms with E-state index < -0.39 is 0 Å². The Bertz CT molecular complexity index is 1100. The lowest BCUT2D eigenvalue weighted by molar-refractivity contribution is 0.0609. The van der Waals surface area contributed by atoms with Gasteiger partial charge in [-0.2, -0.15) is 0 Å². The van der Waals surface area contributed by atoms with E-state index in [4.69, 9.17) is 0 Å². The van der Waals surface area contributed by atoms with E-state index in [1.54, 1.807) is 26.0 Å². The van der Waals surface area contributed by atoms with E-state index in [-0.39, 0.29) is 23.8 Å². The summed E-state index contributed by atoms with van der Waals surface area (Å²) in [7, 11) is 0. The van der Waals surface area contributed by atoms with Gasteiger partial charge in [-0.3, -0.25) is 19.3 Å². The maximum Gasteiger partial charge on any atom is 0.261 e. The van der Waals surface area contributed by atoms with Gasteiger partial charge >= 0.3 is 0 Å². The highest BCUT2D eigenvalue weighted by Crippen LogP contribution is 2.25. The molecule has 1 N–H and O–H groups in total. The van der Waals surface area contributed by atoms with Crippen LogP contribution in [0.2, 0.25) is 0 Å². The van der Waals surface area contributed by atoms with Gasteiger partial charge in [0.05, 0.1) is 11.1 Å². The zero-order chi connectivity index (χ0) is 19.8. The quantitative estimate of drug-likeness (QED) is 0.697. The van der Waals surface area contributed by atoms with Crippen molar-refractivity contribution in [1.82, 2.24) is 14.8 Å². The molecular formula is C22H21N3O3. The zero-order valence-corrected chi connectivity index (χ0v) is 15.8. The number of nitrogens with one attached hydrogen (secondary N) is 1. The molecule has 2 aromatic carbocycles. The molecule has 28 heavy (non-hydrogen) atoms. The second-order valence-electron chi connectivity index (χ2n) is 7.16. The number of aromatic nitrogens is 1. The summed E-state index contributed by atoms with van der Waals surface area (Å²) in [6.45, 7) is 4.68. The third-order valence-corrected chi connectivity index (χ3v) is 5.02. The highest BCUT2D eigenvalue weighted by atomic mass is 16.2. The summed E-state index contributed by atoms with van der Waals surface area (Å²) in [4.78, 5) is 38.6. The molecule has 142 valence electrons. The number of para-hydroxylation sites is 1. The Hall–Kier alpha value is -3.41. The predicted octanol–water partition coefficient (Wildman–Crippen LogP) is 3.08. The fraction of sp³-hybridized carbons (Fsp3) is 0.227. The summed E-state index contributed by atoms with van der Waals surface area (Å²) < 4.78 is 2.08. The van der Waals surface area contributed by atoms with Crippen LogP contribution in [0.25, 0.3) is 10.9 Å². The first kappa shape index (κ1) is 18.0. The Kier molecular flexibility index (Phi) is 4.47. The monoisotopic (exact) mass is 375 g/mol. The molecule has 3 aromatic rings. The fourth-order valence-electron chi connectivity index (χ4n) is 3.60. The summed E-state index contributed by atoms with van der Waals surface area (Å²) in [5.74, 6) is -0.910. The lowest BCUT2D eigenvalue weighted by Gasteiger charge is -2.17. The molecule has 1 aliphatic heterocycles. The summed E-state index contributed by atoms with van der Waals surface area (Å²) in [6, 6.07) is 14.6. The Morgan fingerprint density at radius 3 is 2.54 bits per heavy atom. The molecule has 2 heterocycles. The van der Waals surface area contributed by atoms with Crippen LogP contribution in [0.5, 0.6) is 0 Å². The Labute approximate surface area is 162 Å². The largest absolute Gasteiger partial charge is 0.350 e. The molecule has 6 nitrogen and oxygen atoms in total. The molecule has 1 aromatic heterocycles. The molecule has 0 bridgehead atoms. The first-order valence-corrected chi connectivity index (χ1v) is 9.31. The van der Waals surface area contributed by atoms with Gasteiger partial charge in [-0.15, -0.1) is 0 Å². The van der Waals surface area contributed by atoms with Gasteiger partial charge in [-0.05, 0) is 49.6 Å². The Morgan fingerprint density at radius 2 is 1.75 bits per heavy atom. The van der Waals surface area contributed by atoms with Gasteiger partial charge in [-0.25, -0.2) is 0 Å². The lowest BCUT2D eigenvalue weighted by atomic mass is 10.1. The minimum Gasteiger partial charge on any atom is -0.350 e. The van der Waals surface area contributed by atoms with Crippen molar-refractivity contribution >= 4 is 28.6 Å². The van der Waals surface area contributed by atoms with Crippen molar-refractivity contribution in [2.75, 3.05) is 6.54 Å². The molecule has 0 saturated heterocycles. The Balaban J connectivity index is 1.45. The van der Waals surface area contributed by atoms with E-state index in [0.29, 0.717) is 29.8 Å². The summed E-state index contributed by atoms with van der Waals surface area (Å²) in [5, 5.41) is 4.04. The third-order valence-electron chi connectivity index (χ3n) is 5.02. The molecule has 4 rings (SSSR count). The van der Waals surface area contributed by atoms with Gasteiger partial charge in [-0.1, -0.05) is 18.2 Å². The number of carbonyl (C=O) groups excluding carboxylic acids is 3. The molecule has 0 saturated carbocycles. The summed E-state index contributed by atoms with van der Waals surface area (Å²) in [5.41, 5.74) is 2.15. The highest BCUT2D eigenvalue weighted by molar-refractivity contribution is 6.22. The average Bonchev–Trinajstić information content (AvgIpc) is 3.20. The minimum atomic E-state index is -0.344. The maximum atomic E-state index is 12.5. The number of benzene rings is 2. The van der Waals surface area contributed by atoms with E-state index in [1.807, 2.05) is 36.5 Å². The van der Waals surface area contributed by atoms with Crippen LogP contribution in [0.3, 0.4) is 0 Å². The standard InChI is InChI=1S/C22H21N3O3/c1-14(2)25-21(27)17-8-7-16(13-18(17)22(25)28)20(26)23-10-12-24-11-9-15-5-3-4-6-19(15)24/h3-9,11,13-14H,10,12H2,1-2H3,(H,23,26). The van der Waals surface area contributed by atoms with Crippen LogP contribution in [-0.4, -0.2) is 39.8 Å². The van der Waals surface area contributed by atoms with Gasteiger partial charge in [0.1, 0.15) is 0 Å². The molecule has 0 atom stereocenters. The first-order valence-electron chi connectivity index (χ1n) is 9.31. The molecule has 0 spiro atoms. The van der Waals surface area contributed by atoms with Gasteiger partial charge in [0.15, 0.2) is 0 Å². The SMILES string of the molecule is CC(C)N1C(=O)c2ccc(C(=O)NCCn3ccc4ccccc43)cc2C1=O. The highest BCUT2D eigenvalue weighted by Gasteiger charge is 2.37. The number of nitrogens with zero attached hydrogens (tertiary/aromatic N) is 2. The van der Waals surface area contributed by atoms with Crippen LogP contribution in [0, 0.1) is 0 Å². The number of rotatable bonds is 5. The van der Waals surface area contributed by atoms with E-state index >= 15 is 0 Å². The van der Waals surface area contributed by atoms with Crippen LogP contribution in [-0.2, 0) is 6.54 Å². The second kappa shape index (κ2) is 6.96. The van der Waals surface area contributed by atoms with E-state index in [9.17, 15) is 14.4 Å². The van der Waals surface area contributed by atoms with Crippen molar-refractivity contribution in [3.05, 3.63) is 71.4 Å². The molecule has 0 radical (unpaired) electrons. The minimum absolute atomic E-state index is 0.221. The number of amides is 3. The van der Waals surface area contributed by atoms with Crippen molar-refractivity contribution < 1.29 is 14.4 Å². The summed E-state index contributed by atoms with van der Waals surface area (Å²) >= 11 is 0. The topological polar surface area (TPSA) is 71.4 Å². The molecule has 0 fully saturated rings. The van der Waals surface area contributed by atoms with Gasteiger partial charge in [0.2, 0.25) is 0 Å². The van der Waals surface area contributed by atoms with E-state index in [0.717, 1.165) is 10.9 Å². The summed E-state index contributed by atoms with van der Waals surface area (Å²) in [6.07, 6.45) is 2.00. The van der Waals surface area contributed by atoms with Crippen molar-refractivity contribution in [2.45, 2.75) is 26.4 Å². The van der Waals surface area contributed by atoms with Crippen LogP contribution < -0.4 is 5.32 Å².